The fraction of sp³-hybridized carbons (Fsp3) is 0.250. The molecule has 0 bridgehead atoms. The normalized spacial score (nSPS) is 9.73. The van der Waals surface area contributed by atoms with Crippen molar-refractivity contribution in [1.82, 2.24) is 0 Å². The number of hydrogen-bond donors (Lipinski definition) is 0. The lowest BCUT2D eigenvalue weighted by Crippen LogP contribution is -2.09. The number of Topliss-reactive ketones (excluding diaryl/α,β-unsaturated/α-hetero) is 2. The zero-order valence-electron chi connectivity index (χ0n) is 8.66. The minimum atomic E-state index is -0.219. The monoisotopic (exact) mass is 203 g/mol. The molecule has 0 N–H and O–H groups in total. The van der Waals surface area contributed by atoms with Crippen LogP contribution in [-0.4, -0.2) is 17.9 Å². The summed E-state index contributed by atoms with van der Waals surface area (Å²) >= 11 is 0. The van der Waals surface area contributed by atoms with Crippen molar-refractivity contribution < 1.29 is 14.4 Å². The summed E-state index contributed by atoms with van der Waals surface area (Å²) in [6, 6.07) is 4.61. The van der Waals surface area contributed by atoms with Gasteiger partial charge >= 0.3 is 0 Å². The van der Waals surface area contributed by atoms with E-state index >= 15 is 0 Å². The molecule has 3 heteroatoms. The molecule has 0 saturated carbocycles. The van der Waals surface area contributed by atoms with Gasteiger partial charge in [0.05, 0.1) is 0 Å². The van der Waals surface area contributed by atoms with Gasteiger partial charge in [-0.25, -0.2) is 0 Å². The van der Waals surface area contributed by atoms with Crippen LogP contribution in [0.3, 0.4) is 0 Å². The van der Waals surface area contributed by atoms with Crippen LogP contribution in [0.2, 0.25) is 0 Å². The van der Waals surface area contributed by atoms with Crippen LogP contribution in [-0.2, 0) is 4.79 Å². The van der Waals surface area contributed by atoms with E-state index in [4.69, 9.17) is 0 Å². The lowest BCUT2D eigenvalue weighted by atomic mass is 9.95. The van der Waals surface area contributed by atoms with Crippen molar-refractivity contribution in [2.75, 3.05) is 0 Å². The largest absolute Gasteiger partial charge is 0.294 e. The van der Waals surface area contributed by atoms with Crippen LogP contribution < -0.4 is 0 Å². The Morgan fingerprint density at radius 3 is 2.47 bits per heavy atom. The van der Waals surface area contributed by atoms with E-state index in [0.717, 1.165) is 0 Å². The highest BCUT2D eigenvalue weighted by Gasteiger charge is 2.17. The molecule has 0 aliphatic heterocycles. The van der Waals surface area contributed by atoms with Gasteiger partial charge in [0.2, 0.25) is 6.29 Å². The molecule has 0 aliphatic rings. The molecule has 1 rings (SSSR count). The summed E-state index contributed by atoms with van der Waals surface area (Å²) in [4.78, 5) is 33.5. The Kier molecular flexibility index (Phi) is 3.50. The summed E-state index contributed by atoms with van der Waals surface area (Å²) in [5.41, 5.74) is 0.653. The molecule has 15 heavy (non-hydrogen) atoms. The lowest BCUT2D eigenvalue weighted by molar-refractivity contribution is 0.0965. The van der Waals surface area contributed by atoms with Gasteiger partial charge in [0.15, 0.2) is 11.6 Å². The molecule has 0 amide bonds. The molecule has 0 unspecified atom stereocenters. The van der Waals surface area contributed by atoms with E-state index in [1.807, 2.05) is 0 Å². The number of ketones is 2. The molecule has 0 heterocycles. The van der Waals surface area contributed by atoms with Crippen molar-refractivity contribution in [3.05, 3.63) is 34.9 Å². The molecule has 0 atom stereocenters. The number of rotatable bonds is 4. The van der Waals surface area contributed by atoms with Crippen LogP contribution >= 0.6 is 0 Å². The van der Waals surface area contributed by atoms with Crippen LogP contribution in [0.4, 0.5) is 0 Å². The molecular formula is C12H11O3. The maximum absolute atomic E-state index is 11.6. The zero-order chi connectivity index (χ0) is 11.4. The minimum absolute atomic E-state index is 0.162. The maximum Gasteiger partial charge on any atom is 0.234 e. The van der Waals surface area contributed by atoms with Crippen LogP contribution in [0.5, 0.6) is 0 Å². The second-order valence-corrected chi connectivity index (χ2v) is 3.16. The number of benzene rings is 1. The van der Waals surface area contributed by atoms with E-state index in [1.165, 1.54) is 13.0 Å². The number of carbonyl (C=O) groups excluding carboxylic acids is 3. The SMILES string of the molecule is CCC(=O)c1c([C]=O)cccc1C(C)=O. The third-order valence-electron chi connectivity index (χ3n) is 2.15. The molecule has 1 aromatic carbocycles. The summed E-state index contributed by atoms with van der Waals surface area (Å²) in [6.07, 6.45) is 1.95. The van der Waals surface area contributed by atoms with Crippen molar-refractivity contribution in [3.8, 4) is 0 Å². The standard InChI is InChI=1S/C12H11O3/c1-3-11(15)12-9(7-13)5-4-6-10(12)8(2)14/h4-6H,3H2,1-2H3. The third-order valence-corrected chi connectivity index (χ3v) is 2.15. The van der Waals surface area contributed by atoms with E-state index < -0.39 is 0 Å². The highest BCUT2D eigenvalue weighted by Crippen LogP contribution is 2.16. The smallest absolute Gasteiger partial charge is 0.234 e. The molecule has 0 saturated heterocycles. The summed E-state index contributed by atoms with van der Waals surface area (Å²) < 4.78 is 0. The van der Waals surface area contributed by atoms with Gasteiger partial charge in [-0.05, 0) is 6.92 Å². The predicted octanol–water partition coefficient (Wildman–Crippen LogP) is 1.94. The van der Waals surface area contributed by atoms with Crippen molar-refractivity contribution in [1.29, 1.82) is 0 Å². The highest BCUT2D eigenvalue weighted by molar-refractivity contribution is 6.11. The Hall–Kier alpha value is -1.77. The van der Waals surface area contributed by atoms with Crippen molar-refractivity contribution in [2.24, 2.45) is 0 Å². The van der Waals surface area contributed by atoms with Gasteiger partial charge in [-0.1, -0.05) is 25.1 Å². The van der Waals surface area contributed by atoms with Gasteiger partial charge < -0.3 is 0 Å². The quantitative estimate of drug-likeness (QED) is 0.702. The molecule has 77 valence electrons. The van der Waals surface area contributed by atoms with E-state index in [-0.39, 0.29) is 29.1 Å². The Labute approximate surface area is 88.1 Å². The number of carbonyl (C=O) groups is 2. The first-order valence-corrected chi connectivity index (χ1v) is 4.67. The van der Waals surface area contributed by atoms with E-state index in [2.05, 4.69) is 0 Å². The van der Waals surface area contributed by atoms with Gasteiger partial charge in [0, 0.05) is 23.1 Å². The Morgan fingerprint density at radius 2 is 2.00 bits per heavy atom. The van der Waals surface area contributed by atoms with Crippen LogP contribution in [0, 0.1) is 0 Å². The first-order chi connectivity index (χ1) is 7.11. The van der Waals surface area contributed by atoms with Gasteiger partial charge in [0.1, 0.15) is 0 Å². The zero-order valence-corrected chi connectivity index (χ0v) is 8.66. The average molecular weight is 203 g/mol. The predicted molar refractivity (Wildman–Crippen MR) is 55.9 cm³/mol. The molecule has 0 spiro atoms. The summed E-state index contributed by atoms with van der Waals surface area (Å²) in [6.45, 7) is 3.06. The van der Waals surface area contributed by atoms with Crippen molar-refractivity contribution >= 4 is 17.9 Å². The Bertz CT molecular complexity index is 419. The first kappa shape index (κ1) is 11.3. The van der Waals surface area contributed by atoms with Gasteiger partial charge in [-0.2, -0.15) is 0 Å². The van der Waals surface area contributed by atoms with Gasteiger partial charge in [-0.15, -0.1) is 0 Å². The van der Waals surface area contributed by atoms with E-state index in [1.54, 1.807) is 25.3 Å². The summed E-state index contributed by atoms with van der Waals surface area (Å²) in [5.74, 6) is -0.428. The molecule has 0 aromatic heterocycles. The lowest BCUT2D eigenvalue weighted by Gasteiger charge is -2.06. The highest BCUT2D eigenvalue weighted by atomic mass is 16.1. The maximum atomic E-state index is 11.6. The average Bonchev–Trinajstić information content (AvgIpc) is 2.26. The van der Waals surface area contributed by atoms with Gasteiger partial charge in [0.25, 0.3) is 0 Å². The molecule has 0 aliphatic carbocycles. The number of hydrogen-bond acceptors (Lipinski definition) is 3. The topological polar surface area (TPSA) is 51.2 Å². The molecule has 1 radical (unpaired) electrons. The van der Waals surface area contributed by atoms with Crippen LogP contribution in [0.1, 0.15) is 46.5 Å². The van der Waals surface area contributed by atoms with Crippen LogP contribution in [0.25, 0.3) is 0 Å². The Morgan fingerprint density at radius 1 is 1.33 bits per heavy atom. The van der Waals surface area contributed by atoms with E-state index in [0.29, 0.717) is 5.56 Å². The molecule has 1 aromatic rings. The van der Waals surface area contributed by atoms with Gasteiger partial charge in [-0.3, -0.25) is 14.4 Å². The molecule has 3 nitrogen and oxygen atoms in total. The fourth-order valence-electron chi connectivity index (χ4n) is 1.41. The third kappa shape index (κ3) is 2.18. The fourth-order valence-corrected chi connectivity index (χ4v) is 1.41. The summed E-state index contributed by atoms with van der Waals surface area (Å²) in [7, 11) is 0. The summed E-state index contributed by atoms with van der Waals surface area (Å²) in [5, 5.41) is 0. The second-order valence-electron chi connectivity index (χ2n) is 3.16. The Balaban J connectivity index is 3.46. The second kappa shape index (κ2) is 4.64. The first-order valence-electron chi connectivity index (χ1n) is 4.67. The molecule has 0 fully saturated rings. The van der Waals surface area contributed by atoms with E-state index in [9.17, 15) is 14.4 Å². The van der Waals surface area contributed by atoms with Crippen molar-refractivity contribution in [2.45, 2.75) is 20.3 Å². The minimum Gasteiger partial charge on any atom is -0.294 e. The van der Waals surface area contributed by atoms with Crippen molar-refractivity contribution in [3.63, 3.8) is 0 Å². The van der Waals surface area contributed by atoms with Crippen LogP contribution in [0.15, 0.2) is 18.2 Å². The molecular weight excluding hydrogens is 192 g/mol.